The zero-order chi connectivity index (χ0) is 19.2. The Kier molecular flexibility index (Phi) is 7.43. The lowest BCUT2D eigenvalue weighted by Crippen LogP contribution is -2.31. The SMILES string of the molecule is CC(C)S(=O)(=O)NCCCCC(=O)Nc1ccc(N2CCC(O)C2)cc1. The zero-order valence-electron chi connectivity index (χ0n) is 15.4. The number of hydrogen-bond acceptors (Lipinski definition) is 5. The Hall–Kier alpha value is -1.64. The number of aliphatic hydroxyl groups excluding tert-OH is 1. The zero-order valence-corrected chi connectivity index (χ0v) is 16.3. The van der Waals surface area contributed by atoms with E-state index < -0.39 is 15.3 Å². The fraction of sp³-hybridized carbons (Fsp3) is 0.611. The lowest BCUT2D eigenvalue weighted by Gasteiger charge is -2.18. The van der Waals surface area contributed by atoms with Crippen molar-refractivity contribution in [3.8, 4) is 0 Å². The number of carbonyl (C=O) groups excluding carboxylic acids is 1. The first-order valence-electron chi connectivity index (χ1n) is 9.09. The van der Waals surface area contributed by atoms with Crippen molar-refractivity contribution in [1.29, 1.82) is 0 Å². The van der Waals surface area contributed by atoms with Crippen LogP contribution in [0, 0.1) is 0 Å². The van der Waals surface area contributed by atoms with Crippen molar-refractivity contribution in [3.63, 3.8) is 0 Å². The van der Waals surface area contributed by atoms with Gasteiger partial charge in [0.05, 0.1) is 11.4 Å². The molecule has 1 aromatic carbocycles. The van der Waals surface area contributed by atoms with Crippen molar-refractivity contribution < 1.29 is 18.3 Å². The molecule has 0 aliphatic carbocycles. The van der Waals surface area contributed by atoms with Crippen LogP contribution < -0.4 is 14.9 Å². The van der Waals surface area contributed by atoms with Crippen LogP contribution in [0.3, 0.4) is 0 Å². The normalized spacial score (nSPS) is 17.7. The number of nitrogens with zero attached hydrogens (tertiary/aromatic N) is 1. The van der Waals surface area contributed by atoms with Crippen LogP contribution in [0.5, 0.6) is 0 Å². The lowest BCUT2D eigenvalue weighted by atomic mass is 10.2. The van der Waals surface area contributed by atoms with Crippen LogP contribution in [0.1, 0.15) is 39.5 Å². The van der Waals surface area contributed by atoms with Gasteiger partial charge in [-0.15, -0.1) is 0 Å². The largest absolute Gasteiger partial charge is 0.391 e. The van der Waals surface area contributed by atoms with Crippen LogP contribution in [0.2, 0.25) is 0 Å². The Balaban J connectivity index is 1.68. The first-order valence-corrected chi connectivity index (χ1v) is 10.6. The number of sulfonamides is 1. The molecule has 0 aromatic heterocycles. The molecule has 2 rings (SSSR count). The maximum Gasteiger partial charge on any atom is 0.224 e. The molecule has 1 amide bonds. The van der Waals surface area contributed by atoms with E-state index in [1.807, 2.05) is 24.3 Å². The molecule has 1 aliphatic rings. The van der Waals surface area contributed by atoms with Crippen molar-refractivity contribution in [2.45, 2.75) is 50.9 Å². The second kappa shape index (κ2) is 9.34. The third kappa shape index (κ3) is 6.26. The molecule has 0 saturated carbocycles. The third-order valence-electron chi connectivity index (χ3n) is 4.43. The number of hydrogen-bond donors (Lipinski definition) is 3. The molecule has 7 nitrogen and oxygen atoms in total. The van der Waals surface area contributed by atoms with Crippen LogP contribution in [-0.4, -0.2) is 50.4 Å². The summed E-state index contributed by atoms with van der Waals surface area (Å²) in [5.74, 6) is -0.0824. The molecule has 26 heavy (non-hydrogen) atoms. The average Bonchev–Trinajstić information content (AvgIpc) is 3.01. The van der Waals surface area contributed by atoms with Gasteiger partial charge in [0, 0.05) is 37.4 Å². The van der Waals surface area contributed by atoms with Gasteiger partial charge in [-0.05, 0) is 57.4 Å². The smallest absolute Gasteiger partial charge is 0.224 e. The Bertz CT molecular complexity index is 689. The number of unbranched alkanes of at least 4 members (excludes halogenated alkanes) is 1. The number of rotatable bonds is 9. The number of nitrogens with one attached hydrogen (secondary N) is 2. The molecule has 0 radical (unpaired) electrons. The minimum Gasteiger partial charge on any atom is -0.391 e. The molecule has 8 heteroatoms. The molecule has 1 atom stereocenters. The summed E-state index contributed by atoms with van der Waals surface area (Å²) in [5, 5.41) is 12.0. The van der Waals surface area contributed by atoms with Gasteiger partial charge in [0.15, 0.2) is 0 Å². The van der Waals surface area contributed by atoms with Gasteiger partial charge in [-0.3, -0.25) is 4.79 Å². The van der Waals surface area contributed by atoms with Crippen molar-refractivity contribution in [1.82, 2.24) is 4.72 Å². The minimum absolute atomic E-state index is 0.0824. The highest BCUT2D eigenvalue weighted by atomic mass is 32.2. The van der Waals surface area contributed by atoms with Crippen molar-refractivity contribution >= 4 is 27.3 Å². The maximum atomic E-state index is 12.0. The molecule has 146 valence electrons. The Labute approximate surface area is 155 Å². The standard InChI is InChI=1S/C18H29N3O4S/c1-14(2)26(24,25)19-11-4-3-5-18(23)20-15-6-8-16(9-7-15)21-12-10-17(22)13-21/h6-9,14,17,19,22H,3-5,10-13H2,1-2H3,(H,20,23). The number of anilines is 2. The second-order valence-corrected chi connectivity index (χ2v) is 9.25. The number of β-amino-alcohol motifs (C(OH)–C–C–N with tert-alkyl or cyclic N) is 1. The summed E-state index contributed by atoms with van der Waals surface area (Å²) in [6.07, 6.45) is 2.11. The highest BCUT2D eigenvalue weighted by Crippen LogP contribution is 2.22. The van der Waals surface area contributed by atoms with Gasteiger partial charge >= 0.3 is 0 Å². The summed E-state index contributed by atoms with van der Waals surface area (Å²) in [5.41, 5.74) is 1.77. The van der Waals surface area contributed by atoms with Gasteiger partial charge in [-0.25, -0.2) is 13.1 Å². The Morgan fingerprint density at radius 2 is 1.96 bits per heavy atom. The van der Waals surface area contributed by atoms with E-state index in [4.69, 9.17) is 0 Å². The molecule has 0 spiro atoms. The predicted molar refractivity (Wildman–Crippen MR) is 104 cm³/mol. The minimum atomic E-state index is -3.23. The Morgan fingerprint density at radius 1 is 1.27 bits per heavy atom. The fourth-order valence-corrected chi connectivity index (χ4v) is 3.51. The van der Waals surface area contributed by atoms with E-state index in [0.29, 0.717) is 32.4 Å². The van der Waals surface area contributed by atoms with E-state index in [9.17, 15) is 18.3 Å². The van der Waals surface area contributed by atoms with Crippen molar-refractivity contribution in [3.05, 3.63) is 24.3 Å². The van der Waals surface area contributed by atoms with E-state index in [0.717, 1.165) is 24.3 Å². The molecule has 1 aromatic rings. The summed E-state index contributed by atoms with van der Waals surface area (Å²) in [7, 11) is -3.23. The van der Waals surface area contributed by atoms with E-state index in [1.54, 1.807) is 13.8 Å². The first-order chi connectivity index (χ1) is 12.3. The van der Waals surface area contributed by atoms with Crippen LogP contribution in [0.25, 0.3) is 0 Å². The molecular formula is C18H29N3O4S. The monoisotopic (exact) mass is 383 g/mol. The lowest BCUT2D eigenvalue weighted by molar-refractivity contribution is -0.116. The van der Waals surface area contributed by atoms with Gasteiger partial charge in [0.2, 0.25) is 15.9 Å². The molecular weight excluding hydrogens is 354 g/mol. The summed E-state index contributed by atoms with van der Waals surface area (Å²) < 4.78 is 25.7. The fourth-order valence-electron chi connectivity index (χ4n) is 2.75. The van der Waals surface area contributed by atoms with Crippen LogP contribution in [-0.2, 0) is 14.8 Å². The molecule has 1 fully saturated rings. The topological polar surface area (TPSA) is 98.7 Å². The van der Waals surface area contributed by atoms with Gasteiger partial charge in [0.25, 0.3) is 0 Å². The maximum absolute atomic E-state index is 12.0. The van der Waals surface area contributed by atoms with Gasteiger partial charge in [-0.1, -0.05) is 0 Å². The van der Waals surface area contributed by atoms with Crippen molar-refractivity contribution in [2.24, 2.45) is 0 Å². The number of carbonyl (C=O) groups is 1. The highest BCUT2D eigenvalue weighted by Gasteiger charge is 2.20. The predicted octanol–water partition coefficient (Wildman–Crippen LogP) is 1.69. The molecule has 1 aliphatic heterocycles. The summed E-state index contributed by atoms with van der Waals surface area (Å²) in [4.78, 5) is 14.1. The Morgan fingerprint density at radius 3 is 2.54 bits per heavy atom. The second-order valence-electron chi connectivity index (χ2n) is 6.93. The summed E-state index contributed by atoms with van der Waals surface area (Å²) in [6.45, 7) is 5.10. The number of amides is 1. The van der Waals surface area contributed by atoms with Crippen LogP contribution >= 0.6 is 0 Å². The van der Waals surface area contributed by atoms with E-state index in [2.05, 4.69) is 14.9 Å². The van der Waals surface area contributed by atoms with Gasteiger partial charge < -0.3 is 15.3 Å². The third-order valence-corrected chi connectivity index (χ3v) is 6.28. The van der Waals surface area contributed by atoms with Gasteiger partial charge in [0.1, 0.15) is 0 Å². The molecule has 1 heterocycles. The van der Waals surface area contributed by atoms with Crippen molar-refractivity contribution in [2.75, 3.05) is 29.9 Å². The van der Waals surface area contributed by atoms with Gasteiger partial charge in [-0.2, -0.15) is 0 Å². The number of benzene rings is 1. The summed E-state index contributed by atoms with van der Waals surface area (Å²) in [6, 6.07) is 7.59. The number of aliphatic hydroxyl groups is 1. The highest BCUT2D eigenvalue weighted by molar-refractivity contribution is 7.90. The molecule has 1 unspecified atom stereocenters. The van der Waals surface area contributed by atoms with E-state index >= 15 is 0 Å². The average molecular weight is 384 g/mol. The molecule has 1 saturated heterocycles. The molecule has 3 N–H and O–H groups in total. The molecule has 0 bridgehead atoms. The quantitative estimate of drug-likeness (QED) is 0.564. The summed E-state index contributed by atoms with van der Waals surface area (Å²) >= 11 is 0. The van der Waals surface area contributed by atoms with E-state index in [-0.39, 0.29) is 12.0 Å². The van der Waals surface area contributed by atoms with E-state index in [1.165, 1.54) is 0 Å². The van der Waals surface area contributed by atoms with Crippen LogP contribution in [0.4, 0.5) is 11.4 Å². The van der Waals surface area contributed by atoms with Crippen LogP contribution in [0.15, 0.2) is 24.3 Å². The first kappa shape index (κ1) is 20.7.